The molecular formula is C19H15F4NO3. The Labute approximate surface area is 152 Å². The lowest BCUT2D eigenvalue weighted by Gasteiger charge is -2.11. The van der Waals surface area contributed by atoms with Crippen LogP contribution in [0.15, 0.2) is 36.4 Å². The SMILES string of the molecule is CCC(=O)Nc1ccc(C=Cc2ccc(F)cc2C(F)(F)F)cc1C(=O)O. The van der Waals surface area contributed by atoms with E-state index in [1.807, 2.05) is 0 Å². The van der Waals surface area contributed by atoms with Crippen LogP contribution in [0.25, 0.3) is 12.2 Å². The summed E-state index contributed by atoms with van der Waals surface area (Å²) < 4.78 is 52.2. The molecule has 27 heavy (non-hydrogen) atoms. The quantitative estimate of drug-likeness (QED) is 0.562. The van der Waals surface area contributed by atoms with E-state index in [-0.39, 0.29) is 29.1 Å². The molecule has 0 radical (unpaired) electrons. The molecule has 4 nitrogen and oxygen atoms in total. The van der Waals surface area contributed by atoms with Crippen LogP contribution in [0.1, 0.15) is 40.4 Å². The average Bonchev–Trinajstić information content (AvgIpc) is 2.60. The number of carbonyl (C=O) groups is 2. The molecule has 0 bridgehead atoms. The van der Waals surface area contributed by atoms with Gasteiger partial charge in [-0.05, 0) is 35.4 Å². The first-order valence-corrected chi connectivity index (χ1v) is 7.84. The second-order valence-electron chi connectivity index (χ2n) is 5.57. The van der Waals surface area contributed by atoms with Crippen LogP contribution in [0, 0.1) is 5.82 Å². The van der Waals surface area contributed by atoms with Gasteiger partial charge in [-0.15, -0.1) is 0 Å². The Morgan fingerprint density at radius 2 is 1.81 bits per heavy atom. The molecule has 0 aliphatic rings. The van der Waals surface area contributed by atoms with Crippen molar-refractivity contribution >= 4 is 29.7 Å². The third-order valence-corrected chi connectivity index (χ3v) is 3.65. The lowest BCUT2D eigenvalue weighted by molar-refractivity contribution is -0.137. The summed E-state index contributed by atoms with van der Waals surface area (Å²) in [6.07, 6.45) is -2.18. The Kier molecular flexibility index (Phi) is 5.99. The predicted octanol–water partition coefficient (Wildman–Crippen LogP) is 5.06. The number of aromatic carboxylic acids is 1. The van der Waals surface area contributed by atoms with Crippen LogP contribution in [-0.2, 0) is 11.0 Å². The molecule has 2 N–H and O–H groups in total. The molecule has 0 saturated carbocycles. The van der Waals surface area contributed by atoms with Gasteiger partial charge in [0.05, 0.1) is 16.8 Å². The van der Waals surface area contributed by atoms with Gasteiger partial charge in [-0.3, -0.25) is 4.79 Å². The average molecular weight is 381 g/mol. The van der Waals surface area contributed by atoms with Crippen molar-refractivity contribution in [1.82, 2.24) is 0 Å². The van der Waals surface area contributed by atoms with Crippen LogP contribution in [-0.4, -0.2) is 17.0 Å². The number of carboxylic acid groups (broad SMARTS) is 1. The Morgan fingerprint density at radius 1 is 1.11 bits per heavy atom. The highest BCUT2D eigenvalue weighted by Gasteiger charge is 2.33. The fraction of sp³-hybridized carbons (Fsp3) is 0.158. The lowest BCUT2D eigenvalue weighted by atomic mass is 10.0. The van der Waals surface area contributed by atoms with E-state index in [0.717, 1.165) is 18.2 Å². The number of alkyl halides is 3. The van der Waals surface area contributed by atoms with E-state index >= 15 is 0 Å². The minimum absolute atomic E-state index is 0.0873. The van der Waals surface area contributed by atoms with Crippen molar-refractivity contribution < 1.29 is 32.3 Å². The summed E-state index contributed by atoms with van der Waals surface area (Å²) in [5.41, 5.74) is -1.20. The van der Waals surface area contributed by atoms with Crippen LogP contribution in [0.2, 0.25) is 0 Å². The molecule has 0 atom stereocenters. The zero-order valence-electron chi connectivity index (χ0n) is 14.1. The van der Waals surface area contributed by atoms with E-state index in [9.17, 15) is 32.3 Å². The molecule has 2 aromatic carbocycles. The summed E-state index contributed by atoms with van der Waals surface area (Å²) in [4.78, 5) is 22.8. The third-order valence-electron chi connectivity index (χ3n) is 3.65. The van der Waals surface area contributed by atoms with Gasteiger partial charge >= 0.3 is 12.1 Å². The van der Waals surface area contributed by atoms with Crippen molar-refractivity contribution in [3.8, 4) is 0 Å². The van der Waals surface area contributed by atoms with Gasteiger partial charge in [-0.2, -0.15) is 13.2 Å². The van der Waals surface area contributed by atoms with Crippen LogP contribution >= 0.6 is 0 Å². The molecule has 0 aliphatic heterocycles. The molecule has 0 spiro atoms. The molecule has 8 heteroatoms. The Balaban J connectivity index is 2.39. The topological polar surface area (TPSA) is 66.4 Å². The normalized spacial score (nSPS) is 11.6. The molecule has 0 unspecified atom stereocenters. The molecule has 0 aromatic heterocycles. The van der Waals surface area contributed by atoms with E-state index in [0.29, 0.717) is 11.6 Å². The zero-order chi connectivity index (χ0) is 20.2. The Bertz CT molecular complexity index is 904. The number of nitrogens with one attached hydrogen (secondary N) is 1. The standard InChI is InChI=1S/C19H15F4NO3/c1-2-17(25)24-16-8-4-11(9-14(16)18(26)27)3-5-12-6-7-13(20)10-15(12)19(21,22)23/h3-10H,2H2,1H3,(H,24,25)(H,26,27). The fourth-order valence-corrected chi connectivity index (χ4v) is 2.30. The maximum atomic E-state index is 13.1. The van der Waals surface area contributed by atoms with Gasteiger partial charge < -0.3 is 10.4 Å². The van der Waals surface area contributed by atoms with Gasteiger partial charge in [-0.1, -0.05) is 31.2 Å². The fourth-order valence-electron chi connectivity index (χ4n) is 2.30. The molecule has 0 fully saturated rings. The predicted molar refractivity (Wildman–Crippen MR) is 92.7 cm³/mol. The van der Waals surface area contributed by atoms with Gasteiger partial charge in [0.25, 0.3) is 0 Å². The van der Waals surface area contributed by atoms with Crippen molar-refractivity contribution in [2.75, 3.05) is 5.32 Å². The number of benzene rings is 2. The molecule has 0 aliphatic carbocycles. The smallest absolute Gasteiger partial charge is 0.417 e. The summed E-state index contributed by atoms with van der Waals surface area (Å²) in [6.45, 7) is 1.60. The van der Waals surface area contributed by atoms with Crippen molar-refractivity contribution in [3.63, 3.8) is 0 Å². The first-order chi connectivity index (χ1) is 12.6. The molecule has 142 valence electrons. The number of hydrogen-bond donors (Lipinski definition) is 2. The third kappa shape index (κ3) is 5.16. The van der Waals surface area contributed by atoms with Gasteiger partial charge in [0.2, 0.25) is 5.91 Å². The minimum atomic E-state index is -4.73. The summed E-state index contributed by atoms with van der Waals surface area (Å²) in [5, 5.41) is 11.7. The van der Waals surface area contributed by atoms with Crippen molar-refractivity contribution in [3.05, 3.63) is 64.5 Å². The van der Waals surface area contributed by atoms with E-state index in [1.54, 1.807) is 6.92 Å². The molecule has 1 amide bonds. The number of rotatable bonds is 5. The summed E-state index contributed by atoms with van der Waals surface area (Å²) in [6, 6.07) is 6.31. The highest BCUT2D eigenvalue weighted by molar-refractivity contribution is 6.01. The van der Waals surface area contributed by atoms with Crippen molar-refractivity contribution in [2.24, 2.45) is 0 Å². The van der Waals surface area contributed by atoms with E-state index in [2.05, 4.69) is 5.32 Å². The van der Waals surface area contributed by atoms with Crippen LogP contribution < -0.4 is 5.32 Å². The zero-order valence-corrected chi connectivity index (χ0v) is 14.1. The molecular weight excluding hydrogens is 366 g/mol. The lowest BCUT2D eigenvalue weighted by Crippen LogP contribution is -2.13. The maximum Gasteiger partial charge on any atom is 0.417 e. The number of carbonyl (C=O) groups excluding carboxylic acids is 1. The van der Waals surface area contributed by atoms with Gasteiger partial charge in [0.1, 0.15) is 5.82 Å². The van der Waals surface area contributed by atoms with E-state index < -0.39 is 23.5 Å². The molecule has 2 aromatic rings. The molecule has 0 heterocycles. The van der Waals surface area contributed by atoms with Gasteiger partial charge in [0, 0.05) is 6.42 Å². The number of hydrogen-bond acceptors (Lipinski definition) is 2. The number of anilines is 1. The maximum absolute atomic E-state index is 13.1. The van der Waals surface area contributed by atoms with Crippen LogP contribution in [0.5, 0.6) is 0 Å². The Morgan fingerprint density at radius 3 is 2.41 bits per heavy atom. The summed E-state index contributed by atoms with van der Waals surface area (Å²) in [5.74, 6) is -2.68. The van der Waals surface area contributed by atoms with E-state index in [4.69, 9.17) is 0 Å². The van der Waals surface area contributed by atoms with E-state index in [1.165, 1.54) is 24.3 Å². The highest BCUT2D eigenvalue weighted by atomic mass is 19.4. The summed E-state index contributed by atoms with van der Waals surface area (Å²) >= 11 is 0. The first-order valence-electron chi connectivity index (χ1n) is 7.84. The minimum Gasteiger partial charge on any atom is -0.478 e. The number of carboxylic acids is 1. The van der Waals surface area contributed by atoms with Crippen molar-refractivity contribution in [1.29, 1.82) is 0 Å². The number of amides is 1. The van der Waals surface area contributed by atoms with Crippen molar-refractivity contribution in [2.45, 2.75) is 19.5 Å². The number of halogens is 4. The summed E-state index contributed by atoms with van der Waals surface area (Å²) in [7, 11) is 0. The Hall–Kier alpha value is -3.16. The molecule has 2 rings (SSSR count). The van der Waals surface area contributed by atoms with Gasteiger partial charge in [0.15, 0.2) is 0 Å². The molecule has 0 saturated heterocycles. The van der Waals surface area contributed by atoms with Crippen LogP contribution in [0.3, 0.4) is 0 Å². The monoisotopic (exact) mass is 381 g/mol. The second kappa shape index (κ2) is 8.03. The first kappa shape index (κ1) is 20.2. The van der Waals surface area contributed by atoms with Crippen LogP contribution in [0.4, 0.5) is 23.2 Å². The second-order valence-corrected chi connectivity index (χ2v) is 5.57. The van der Waals surface area contributed by atoms with Gasteiger partial charge in [-0.25, -0.2) is 9.18 Å². The highest BCUT2D eigenvalue weighted by Crippen LogP contribution is 2.33. The largest absolute Gasteiger partial charge is 0.478 e.